The number of anilines is 1. The van der Waals surface area contributed by atoms with Crippen LogP contribution in [0.3, 0.4) is 0 Å². The zero-order chi connectivity index (χ0) is 17.6. The summed E-state index contributed by atoms with van der Waals surface area (Å²) in [6.07, 6.45) is -0.364. The number of carboxylic acids is 1. The second-order valence-corrected chi connectivity index (χ2v) is 6.40. The molecule has 6 nitrogen and oxygen atoms in total. The van der Waals surface area contributed by atoms with Gasteiger partial charge < -0.3 is 20.1 Å². The van der Waals surface area contributed by atoms with Crippen LogP contribution in [0, 0.1) is 0 Å². The first-order valence-corrected chi connectivity index (χ1v) is 7.68. The number of hydrogen-bond acceptors (Lipinski definition) is 4. The van der Waals surface area contributed by atoms with Gasteiger partial charge in [0.05, 0.1) is 0 Å². The molecule has 2 N–H and O–H groups in total. The molecular weight excluding hydrogens is 296 g/mol. The van der Waals surface area contributed by atoms with Gasteiger partial charge in [-0.15, -0.1) is 0 Å². The van der Waals surface area contributed by atoms with Gasteiger partial charge >= 0.3 is 12.1 Å². The highest BCUT2D eigenvalue weighted by Gasteiger charge is 2.21. The molecule has 0 radical (unpaired) electrons. The van der Waals surface area contributed by atoms with Crippen molar-refractivity contribution in [2.75, 3.05) is 11.9 Å². The third kappa shape index (κ3) is 6.59. The maximum Gasteiger partial charge on any atom is 0.410 e. The SMILES string of the molecule is CCN(Cc1cccc(NC(C)C(=O)O)c1)C(=O)OC(C)(C)C. The number of aliphatic carboxylic acids is 1. The van der Waals surface area contributed by atoms with Crippen molar-refractivity contribution in [1.29, 1.82) is 0 Å². The number of hydrogen-bond donors (Lipinski definition) is 2. The fourth-order valence-electron chi connectivity index (χ4n) is 1.92. The van der Waals surface area contributed by atoms with Crippen molar-refractivity contribution >= 4 is 17.7 Å². The average Bonchev–Trinajstić information content (AvgIpc) is 2.43. The molecule has 0 spiro atoms. The van der Waals surface area contributed by atoms with Gasteiger partial charge in [0.25, 0.3) is 0 Å². The molecule has 1 aromatic carbocycles. The van der Waals surface area contributed by atoms with Crippen molar-refractivity contribution in [3.63, 3.8) is 0 Å². The van der Waals surface area contributed by atoms with Crippen LogP contribution in [-0.2, 0) is 16.1 Å². The lowest BCUT2D eigenvalue weighted by molar-refractivity contribution is -0.137. The van der Waals surface area contributed by atoms with Crippen LogP contribution in [-0.4, -0.2) is 40.3 Å². The number of carboxylic acid groups (broad SMARTS) is 1. The summed E-state index contributed by atoms with van der Waals surface area (Å²) in [7, 11) is 0. The zero-order valence-electron chi connectivity index (χ0n) is 14.4. The standard InChI is InChI=1S/C17H26N2O4/c1-6-19(16(22)23-17(3,4)5)11-13-8-7-9-14(10-13)18-12(2)15(20)21/h7-10,12,18H,6,11H2,1-5H3,(H,20,21). The highest BCUT2D eigenvalue weighted by atomic mass is 16.6. The molecule has 0 fully saturated rings. The van der Waals surface area contributed by atoms with Gasteiger partial charge in [0, 0.05) is 18.8 Å². The number of carbonyl (C=O) groups is 2. The molecule has 0 saturated heterocycles. The number of amides is 1. The molecular formula is C17H26N2O4. The predicted octanol–water partition coefficient (Wildman–Crippen LogP) is 3.33. The Morgan fingerprint density at radius 3 is 2.52 bits per heavy atom. The van der Waals surface area contributed by atoms with Crippen LogP contribution in [0.15, 0.2) is 24.3 Å². The molecule has 0 heterocycles. The van der Waals surface area contributed by atoms with E-state index in [4.69, 9.17) is 9.84 Å². The zero-order valence-corrected chi connectivity index (χ0v) is 14.4. The quantitative estimate of drug-likeness (QED) is 0.840. The Bertz CT molecular complexity index is 552. The smallest absolute Gasteiger partial charge is 0.410 e. The lowest BCUT2D eigenvalue weighted by atomic mass is 10.1. The molecule has 0 saturated carbocycles. The minimum Gasteiger partial charge on any atom is -0.480 e. The van der Waals surface area contributed by atoms with E-state index in [2.05, 4.69) is 5.32 Å². The van der Waals surface area contributed by atoms with E-state index in [0.717, 1.165) is 5.56 Å². The largest absolute Gasteiger partial charge is 0.480 e. The van der Waals surface area contributed by atoms with Gasteiger partial charge in [-0.05, 0) is 52.3 Å². The lowest BCUT2D eigenvalue weighted by Gasteiger charge is -2.26. The number of ether oxygens (including phenoxy) is 1. The normalized spacial score (nSPS) is 12.4. The molecule has 1 rings (SSSR count). The van der Waals surface area contributed by atoms with Crippen LogP contribution in [0.25, 0.3) is 0 Å². The molecule has 1 atom stereocenters. The molecule has 1 amide bonds. The highest BCUT2D eigenvalue weighted by Crippen LogP contribution is 2.16. The number of benzene rings is 1. The predicted molar refractivity (Wildman–Crippen MR) is 89.5 cm³/mol. The first-order chi connectivity index (χ1) is 10.6. The first-order valence-electron chi connectivity index (χ1n) is 7.68. The fourth-order valence-corrected chi connectivity index (χ4v) is 1.92. The van der Waals surface area contributed by atoms with Gasteiger partial charge in [0.1, 0.15) is 11.6 Å². The lowest BCUT2D eigenvalue weighted by Crippen LogP contribution is -2.36. The Hall–Kier alpha value is -2.24. The van der Waals surface area contributed by atoms with Crippen molar-refractivity contribution < 1.29 is 19.4 Å². The molecule has 0 bridgehead atoms. The summed E-state index contributed by atoms with van der Waals surface area (Å²) in [6.45, 7) is 9.89. The van der Waals surface area contributed by atoms with Crippen molar-refractivity contribution in [3.05, 3.63) is 29.8 Å². The maximum absolute atomic E-state index is 12.2. The maximum atomic E-state index is 12.2. The van der Waals surface area contributed by atoms with E-state index in [1.165, 1.54) is 0 Å². The molecule has 0 aliphatic heterocycles. The average molecular weight is 322 g/mol. The van der Waals surface area contributed by atoms with Crippen LogP contribution < -0.4 is 5.32 Å². The number of rotatable bonds is 6. The van der Waals surface area contributed by atoms with Gasteiger partial charge in [-0.1, -0.05) is 12.1 Å². The number of carbonyl (C=O) groups excluding carboxylic acids is 1. The van der Waals surface area contributed by atoms with Crippen molar-refractivity contribution in [1.82, 2.24) is 4.90 Å². The van der Waals surface area contributed by atoms with Gasteiger partial charge in [-0.3, -0.25) is 4.79 Å². The second kappa shape index (κ2) is 7.85. The Morgan fingerprint density at radius 2 is 2.00 bits per heavy atom. The summed E-state index contributed by atoms with van der Waals surface area (Å²) in [5.41, 5.74) is 1.07. The monoisotopic (exact) mass is 322 g/mol. The molecule has 1 unspecified atom stereocenters. The van der Waals surface area contributed by atoms with Gasteiger partial charge in [0.2, 0.25) is 0 Å². The highest BCUT2D eigenvalue weighted by molar-refractivity contribution is 5.76. The molecule has 0 aromatic heterocycles. The molecule has 6 heteroatoms. The Kier molecular flexibility index (Phi) is 6.42. The molecule has 23 heavy (non-hydrogen) atoms. The topological polar surface area (TPSA) is 78.9 Å². The van der Waals surface area contributed by atoms with Gasteiger partial charge in [-0.25, -0.2) is 4.79 Å². The summed E-state index contributed by atoms with van der Waals surface area (Å²) < 4.78 is 5.38. The third-order valence-corrected chi connectivity index (χ3v) is 3.09. The summed E-state index contributed by atoms with van der Waals surface area (Å²) >= 11 is 0. The van der Waals surface area contributed by atoms with Crippen LogP contribution in [0.4, 0.5) is 10.5 Å². The summed E-state index contributed by atoms with van der Waals surface area (Å²) in [5.74, 6) is -0.917. The number of nitrogens with one attached hydrogen (secondary N) is 1. The van der Waals surface area contributed by atoms with Crippen LogP contribution in [0.2, 0.25) is 0 Å². The van der Waals surface area contributed by atoms with E-state index in [0.29, 0.717) is 18.8 Å². The van der Waals surface area contributed by atoms with E-state index < -0.39 is 17.6 Å². The molecule has 128 valence electrons. The minimum absolute atomic E-state index is 0.364. The Balaban J connectivity index is 2.78. The van der Waals surface area contributed by atoms with E-state index in [1.54, 1.807) is 17.9 Å². The van der Waals surface area contributed by atoms with Gasteiger partial charge in [-0.2, -0.15) is 0 Å². The molecule has 0 aliphatic rings. The summed E-state index contributed by atoms with van der Waals surface area (Å²) in [6, 6.07) is 6.68. The third-order valence-electron chi connectivity index (χ3n) is 3.09. The Labute approximate surface area is 137 Å². The van der Waals surface area contributed by atoms with E-state index in [1.807, 2.05) is 45.9 Å². The van der Waals surface area contributed by atoms with Crippen LogP contribution in [0.1, 0.15) is 40.2 Å². The van der Waals surface area contributed by atoms with Gasteiger partial charge in [0.15, 0.2) is 0 Å². The van der Waals surface area contributed by atoms with E-state index in [-0.39, 0.29) is 6.09 Å². The molecule has 1 aromatic rings. The van der Waals surface area contributed by atoms with Crippen LogP contribution in [0.5, 0.6) is 0 Å². The van der Waals surface area contributed by atoms with Crippen LogP contribution >= 0.6 is 0 Å². The molecule has 0 aliphatic carbocycles. The van der Waals surface area contributed by atoms with Crippen molar-refractivity contribution in [3.8, 4) is 0 Å². The summed E-state index contributed by atoms with van der Waals surface area (Å²) in [5, 5.41) is 11.9. The fraction of sp³-hybridized carbons (Fsp3) is 0.529. The van der Waals surface area contributed by atoms with E-state index in [9.17, 15) is 9.59 Å². The minimum atomic E-state index is -0.917. The Morgan fingerprint density at radius 1 is 1.35 bits per heavy atom. The second-order valence-electron chi connectivity index (χ2n) is 6.40. The first kappa shape index (κ1) is 18.8. The van der Waals surface area contributed by atoms with E-state index >= 15 is 0 Å². The summed E-state index contributed by atoms with van der Waals surface area (Å²) in [4.78, 5) is 24.7. The van der Waals surface area contributed by atoms with Crippen molar-refractivity contribution in [2.24, 2.45) is 0 Å². The van der Waals surface area contributed by atoms with Crippen molar-refractivity contribution in [2.45, 2.75) is 52.8 Å². The number of nitrogens with zero attached hydrogens (tertiary/aromatic N) is 1.